The molecule has 0 aliphatic heterocycles. The van der Waals surface area contributed by atoms with Crippen molar-refractivity contribution in [1.29, 1.82) is 0 Å². The molecule has 7 heteroatoms. The quantitative estimate of drug-likeness (QED) is 0.517. The van der Waals surface area contributed by atoms with Crippen LogP contribution in [0.5, 0.6) is 5.88 Å². The van der Waals surface area contributed by atoms with Crippen LogP contribution in [-0.2, 0) is 0 Å². The van der Waals surface area contributed by atoms with Crippen LogP contribution in [0.2, 0.25) is 0 Å². The number of hydrogen-bond donors (Lipinski definition) is 0. The van der Waals surface area contributed by atoms with Crippen LogP contribution in [0.15, 0.2) is 18.5 Å². The molecule has 2 aromatic rings. The molecule has 0 bridgehead atoms. The van der Waals surface area contributed by atoms with Gasteiger partial charge in [-0.25, -0.2) is 4.40 Å². The van der Waals surface area contributed by atoms with E-state index in [9.17, 15) is 10.1 Å². The second-order valence-corrected chi connectivity index (χ2v) is 2.54. The fourth-order valence-corrected chi connectivity index (χ4v) is 1.18. The molecule has 0 amide bonds. The Balaban J connectivity index is 2.78. The van der Waals surface area contributed by atoms with Crippen LogP contribution in [-0.4, -0.2) is 26.6 Å². The first-order valence-electron chi connectivity index (χ1n) is 3.75. The van der Waals surface area contributed by atoms with Crippen LogP contribution in [0, 0.1) is 10.1 Å². The van der Waals surface area contributed by atoms with Crippen molar-refractivity contribution in [1.82, 2.24) is 14.6 Å². The summed E-state index contributed by atoms with van der Waals surface area (Å²) in [5.74, 6) is 0.454. The smallest absolute Gasteiger partial charge is 0.314 e. The zero-order valence-electron chi connectivity index (χ0n) is 7.25. The Kier molecular flexibility index (Phi) is 1.77. The SMILES string of the molecule is COc1ccc([N+](=O)[O-])c2nncn12. The molecule has 0 radical (unpaired) electrons. The van der Waals surface area contributed by atoms with Gasteiger partial charge in [0, 0.05) is 12.1 Å². The van der Waals surface area contributed by atoms with Crippen LogP contribution in [0.4, 0.5) is 5.69 Å². The number of hydrogen-bond acceptors (Lipinski definition) is 5. The summed E-state index contributed by atoms with van der Waals surface area (Å²) in [6.45, 7) is 0. The highest BCUT2D eigenvalue weighted by Crippen LogP contribution is 2.22. The summed E-state index contributed by atoms with van der Waals surface area (Å²) in [7, 11) is 1.47. The molecular weight excluding hydrogens is 188 g/mol. The van der Waals surface area contributed by atoms with E-state index in [4.69, 9.17) is 4.74 Å². The number of aromatic nitrogens is 3. The second kappa shape index (κ2) is 2.95. The van der Waals surface area contributed by atoms with Gasteiger partial charge < -0.3 is 4.74 Å². The molecule has 14 heavy (non-hydrogen) atoms. The van der Waals surface area contributed by atoms with Crippen molar-refractivity contribution in [2.45, 2.75) is 0 Å². The zero-order chi connectivity index (χ0) is 10.1. The predicted octanol–water partition coefficient (Wildman–Crippen LogP) is 0.646. The van der Waals surface area contributed by atoms with Gasteiger partial charge in [-0.3, -0.25) is 10.1 Å². The fraction of sp³-hybridized carbons (Fsp3) is 0.143. The van der Waals surface area contributed by atoms with E-state index in [0.29, 0.717) is 5.88 Å². The summed E-state index contributed by atoms with van der Waals surface area (Å²) in [6.07, 6.45) is 1.36. The lowest BCUT2D eigenvalue weighted by Gasteiger charge is -2.01. The Morgan fingerprint density at radius 2 is 2.36 bits per heavy atom. The molecule has 0 aliphatic carbocycles. The van der Waals surface area contributed by atoms with Crippen molar-refractivity contribution < 1.29 is 9.66 Å². The van der Waals surface area contributed by atoms with Gasteiger partial charge in [-0.1, -0.05) is 0 Å². The largest absolute Gasteiger partial charge is 0.482 e. The van der Waals surface area contributed by atoms with E-state index in [2.05, 4.69) is 10.2 Å². The van der Waals surface area contributed by atoms with Crippen molar-refractivity contribution in [3.05, 3.63) is 28.6 Å². The minimum absolute atomic E-state index is 0.0942. The Morgan fingerprint density at radius 1 is 1.57 bits per heavy atom. The van der Waals surface area contributed by atoms with Gasteiger partial charge in [0.25, 0.3) is 0 Å². The Morgan fingerprint density at radius 3 is 3.00 bits per heavy atom. The van der Waals surface area contributed by atoms with Gasteiger partial charge in [-0.05, 0) is 0 Å². The van der Waals surface area contributed by atoms with Crippen molar-refractivity contribution >= 4 is 11.3 Å². The van der Waals surface area contributed by atoms with Crippen molar-refractivity contribution in [3.63, 3.8) is 0 Å². The van der Waals surface area contributed by atoms with Crippen molar-refractivity contribution in [2.75, 3.05) is 7.11 Å². The number of methoxy groups -OCH3 is 1. The zero-order valence-corrected chi connectivity index (χ0v) is 7.25. The van der Waals surface area contributed by atoms with Crippen LogP contribution < -0.4 is 4.74 Å². The first-order chi connectivity index (χ1) is 6.74. The number of nitro groups is 1. The molecule has 0 spiro atoms. The Hall–Kier alpha value is -2.18. The van der Waals surface area contributed by atoms with Gasteiger partial charge in [0.2, 0.25) is 11.5 Å². The Labute approximate surface area is 78.1 Å². The summed E-state index contributed by atoms with van der Waals surface area (Å²) in [4.78, 5) is 10.1. The van der Waals surface area contributed by atoms with Gasteiger partial charge in [0.15, 0.2) is 0 Å². The minimum Gasteiger partial charge on any atom is -0.482 e. The van der Waals surface area contributed by atoms with E-state index in [0.717, 1.165) is 0 Å². The second-order valence-electron chi connectivity index (χ2n) is 2.54. The monoisotopic (exact) mass is 194 g/mol. The molecule has 2 rings (SSSR count). The minimum atomic E-state index is -0.510. The molecule has 72 valence electrons. The van der Waals surface area contributed by atoms with Crippen molar-refractivity contribution in [2.24, 2.45) is 0 Å². The number of fused-ring (bicyclic) bond motifs is 1. The summed E-state index contributed by atoms with van der Waals surface area (Å²) in [5.41, 5.74) is 0.0812. The lowest BCUT2D eigenvalue weighted by Crippen LogP contribution is -1.97. The Bertz CT molecular complexity index is 493. The van der Waals surface area contributed by atoms with Crippen LogP contribution in [0.1, 0.15) is 0 Å². The van der Waals surface area contributed by atoms with Crippen LogP contribution in [0.3, 0.4) is 0 Å². The summed E-state index contributed by atoms with van der Waals surface area (Å²) in [5, 5.41) is 17.8. The van der Waals surface area contributed by atoms with E-state index in [1.54, 1.807) is 0 Å². The first-order valence-corrected chi connectivity index (χ1v) is 3.75. The van der Waals surface area contributed by atoms with Gasteiger partial charge >= 0.3 is 5.69 Å². The molecular formula is C7H6N4O3. The molecule has 0 N–H and O–H groups in total. The van der Waals surface area contributed by atoms with Crippen LogP contribution >= 0.6 is 0 Å². The normalized spacial score (nSPS) is 10.4. The van der Waals surface area contributed by atoms with E-state index < -0.39 is 4.92 Å². The number of ether oxygens (including phenoxy) is 1. The summed E-state index contributed by atoms with van der Waals surface area (Å²) >= 11 is 0. The maximum absolute atomic E-state index is 10.6. The van der Waals surface area contributed by atoms with E-state index in [1.165, 1.54) is 30.0 Å². The molecule has 0 atom stereocenters. The van der Waals surface area contributed by atoms with E-state index in [-0.39, 0.29) is 11.3 Å². The molecule has 0 aliphatic rings. The van der Waals surface area contributed by atoms with E-state index >= 15 is 0 Å². The molecule has 2 heterocycles. The van der Waals surface area contributed by atoms with Gasteiger partial charge in [0.1, 0.15) is 6.33 Å². The lowest BCUT2D eigenvalue weighted by atomic mass is 10.4. The molecule has 0 aromatic carbocycles. The average molecular weight is 194 g/mol. The number of pyridine rings is 1. The third-order valence-electron chi connectivity index (χ3n) is 1.80. The van der Waals surface area contributed by atoms with Crippen LogP contribution in [0.25, 0.3) is 5.65 Å². The van der Waals surface area contributed by atoms with Gasteiger partial charge in [-0.15, -0.1) is 10.2 Å². The third-order valence-corrected chi connectivity index (χ3v) is 1.80. The maximum Gasteiger partial charge on any atom is 0.314 e. The molecule has 0 saturated carbocycles. The highest BCUT2D eigenvalue weighted by molar-refractivity contribution is 5.60. The molecule has 0 saturated heterocycles. The molecule has 7 nitrogen and oxygen atoms in total. The molecule has 2 aromatic heterocycles. The average Bonchev–Trinajstić information content (AvgIpc) is 2.64. The highest BCUT2D eigenvalue weighted by Gasteiger charge is 2.16. The van der Waals surface area contributed by atoms with Gasteiger partial charge in [-0.2, -0.15) is 0 Å². The molecule has 0 fully saturated rings. The van der Waals surface area contributed by atoms with Crippen molar-refractivity contribution in [3.8, 4) is 5.88 Å². The van der Waals surface area contributed by atoms with E-state index in [1.807, 2.05) is 0 Å². The number of rotatable bonds is 2. The molecule has 0 unspecified atom stereocenters. The third kappa shape index (κ3) is 1.06. The highest BCUT2D eigenvalue weighted by atomic mass is 16.6. The lowest BCUT2D eigenvalue weighted by molar-refractivity contribution is -0.383. The summed E-state index contributed by atoms with van der Waals surface area (Å²) in [6, 6.07) is 2.83. The topological polar surface area (TPSA) is 82.6 Å². The summed E-state index contributed by atoms with van der Waals surface area (Å²) < 4.78 is 6.40. The van der Waals surface area contributed by atoms with Gasteiger partial charge in [0.05, 0.1) is 12.0 Å². The number of nitrogens with zero attached hydrogens (tertiary/aromatic N) is 4. The maximum atomic E-state index is 10.6. The fourth-order valence-electron chi connectivity index (χ4n) is 1.18. The standard InChI is InChI=1S/C7H6N4O3/c1-14-6-3-2-5(11(12)13)7-9-8-4-10(6)7/h2-4H,1H3. The predicted molar refractivity (Wildman–Crippen MR) is 46.2 cm³/mol. The first kappa shape index (κ1) is 8.42.